The Kier molecular flexibility index (Phi) is 4.08. The Balaban J connectivity index is 1.74. The Morgan fingerprint density at radius 2 is 1.92 bits per heavy atom. The third kappa shape index (κ3) is 2.71. The molecule has 0 spiro atoms. The molecule has 0 radical (unpaired) electrons. The number of ether oxygens (including phenoxy) is 2. The van der Waals surface area contributed by atoms with Crippen LogP contribution < -0.4 is 9.47 Å². The highest BCUT2D eigenvalue weighted by molar-refractivity contribution is 6.15. The van der Waals surface area contributed by atoms with Gasteiger partial charge in [0, 0.05) is 23.7 Å². The summed E-state index contributed by atoms with van der Waals surface area (Å²) in [5.74, 6) is 1.80. The normalized spacial score (nSPS) is 17.9. The fourth-order valence-electron chi connectivity index (χ4n) is 3.49. The maximum atomic E-state index is 12.9. The summed E-state index contributed by atoms with van der Waals surface area (Å²) < 4.78 is 11.9. The fraction of sp³-hybridized carbons (Fsp3) is 0.318. The molecule has 0 aliphatic carbocycles. The highest BCUT2D eigenvalue weighted by Crippen LogP contribution is 2.43. The van der Waals surface area contributed by atoms with Crippen LogP contribution in [0.5, 0.6) is 11.5 Å². The summed E-state index contributed by atoms with van der Waals surface area (Å²) >= 11 is 0. The van der Waals surface area contributed by atoms with Crippen molar-refractivity contribution in [1.82, 2.24) is 4.90 Å². The van der Waals surface area contributed by atoms with Gasteiger partial charge >= 0.3 is 0 Å². The van der Waals surface area contributed by atoms with Crippen molar-refractivity contribution in [2.24, 2.45) is 0 Å². The van der Waals surface area contributed by atoms with Crippen LogP contribution in [0.2, 0.25) is 0 Å². The van der Waals surface area contributed by atoms with Crippen LogP contribution in [0.1, 0.15) is 46.5 Å². The van der Waals surface area contributed by atoms with Crippen LogP contribution in [0.3, 0.4) is 0 Å². The molecule has 0 amide bonds. The van der Waals surface area contributed by atoms with Gasteiger partial charge in [0.2, 0.25) is 5.78 Å². The van der Waals surface area contributed by atoms with Crippen molar-refractivity contribution in [1.29, 1.82) is 0 Å². The van der Waals surface area contributed by atoms with E-state index >= 15 is 0 Å². The van der Waals surface area contributed by atoms with E-state index in [1.54, 1.807) is 0 Å². The Labute approximate surface area is 154 Å². The van der Waals surface area contributed by atoms with Gasteiger partial charge in [0.05, 0.1) is 5.56 Å². The Morgan fingerprint density at radius 3 is 2.65 bits per heavy atom. The molecule has 2 aromatic carbocycles. The summed E-state index contributed by atoms with van der Waals surface area (Å²) in [4.78, 5) is 15.2. The average Bonchev–Trinajstić information content (AvgIpc) is 2.93. The van der Waals surface area contributed by atoms with Gasteiger partial charge in [-0.25, -0.2) is 0 Å². The van der Waals surface area contributed by atoms with E-state index in [1.165, 1.54) is 0 Å². The molecule has 2 aliphatic heterocycles. The lowest BCUT2D eigenvalue weighted by Gasteiger charge is -2.32. The van der Waals surface area contributed by atoms with E-state index in [2.05, 4.69) is 18.7 Å². The lowest BCUT2D eigenvalue weighted by Crippen LogP contribution is -2.37. The zero-order valence-corrected chi connectivity index (χ0v) is 15.6. The van der Waals surface area contributed by atoms with E-state index in [0.717, 1.165) is 34.5 Å². The number of rotatable bonds is 2. The topological polar surface area (TPSA) is 38.8 Å². The molecule has 0 saturated heterocycles. The second-order valence-electron chi connectivity index (χ2n) is 7.28. The van der Waals surface area contributed by atoms with E-state index in [0.29, 0.717) is 29.8 Å². The lowest BCUT2D eigenvalue weighted by atomic mass is 9.99. The SMILES string of the molecule is Cc1ccccc1/C=C1\Oc2c(cc3c(c2C)OCN(C(C)C)C3)C1=O. The smallest absolute Gasteiger partial charge is 0.231 e. The molecule has 0 N–H and O–H groups in total. The first-order valence-corrected chi connectivity index (χ1v) is 8.99. The highest BCUT2D eigenvalue weighted by atomic mass is 16.5. The molecule has 0 atom stereocenters. The van der Waals surface area contributed by atoms with Gasteiger partial charge in [0.25, 0.3) is 0 Å². The van der Waals surface area contributed by atoms with Gasteiger partial charge in [-0.3, -0.25) is 9.69 Å². The van der Waals surface area contributed by atoms with Crippen molar-refractivity contribution in [2.75, 3.05) is 6.73 Å². The molecule has 0 bridgehead atoms. The van der Waals surface area contributed by atoms with Crippen LogP contribution >= 0.6 is 0 Å². The second-order valence-corrected chi connectivity index (χ2v) is 7.28. The van der Waals surface area contributed by atoms with E-state index in [4.69, 9.17) is 9.47 Å². The minimum Gasteiger partial charge on any atom is -0.477 e. The van der Waals surface area contributed by atoms with Crippen molar-refractivity contribution in [2.45, 2.75) is 40.3 Å². The first-order chi connectivity index (χ1) is 12.5. The monoisotopic (exact) mass is 349 g/mol. The van der Waals surface area contributed by atoms with Gasteiger partial charge in [-0.05, 0) is 51.0 Å². The first-order valence-electron chi connectivity index (χ1n) is 8.99. The number of benzene rings is 2. The number of carbonyl (C=O) groups is 1. The molecular weight excluding hydrogens is 326 g/mol. The van der Waals surface area contributed by atoms with Crippen LogP contribution in [0.25, 0.3) is 6.08 Å². The number of ketones is 1. The maximum Gasteiger partial charge on any atom is 0.231 e. The largest absolute Gasteiger partial charge is 0.477 e. The molecular formula is C22H23NO3. The van der Waals surface area contributed by atoms with Gasteiger partial charge in [-0.15, -0.1) is 0 Å². The quantitative estimate of drug-likeness (QED) is 0.750. The van der Waals surface area contributed by atoms with Gasteiger partial charge in [-0.2, -0.15) is 0 Å². The third-order valence-corrected chi connectivity index (χ3v) is 5.17. The van der Waals surface area contributed by atoms with Crippen molar-refractivity contribution >= 4 is 11.9 Å². The van der Waals surface area contributed by atoms with Crippen molar-refractivity contribution in [3.63, 3.8) is 0 Å². The maximum absolute atomic E-state index is 12.9. The summed E-state index contributed by atoms with van der Waals surface area (Å²) in [6.45, 7) is 9.62. The van der Waals surface area contributed by atoms with Crippen molar-refractivity contribution < 1.29 is 14.3 Å². The van der Waals surface area contributed by atoms with Gasteiger partial charge in [0.15, 0.2) is 5.76 Å². The molecule has 0 unspecified atom stereocenters. The minimum atomic E-state index is -0.0594. The average molecular weight is 349 g/mol. The molecule has 0 fully saturated rings. The number of fused-ring (bicyclic) bond motifs is 2. The molecule has 4 rings (SSSR count). The molecule has 2 aliphatic rings. The van der Waals surface area contributed by atoms with Crippen LogP contribution in [-0.2, 0) is 6.54 Å². The number of nitrogens with zero attached hydrogens (tertiary/aromatic N) is 1. The fourth-order valence-corrected chi connectivity index (χ4v) is 3.49. The number of allylic oxidation sites excluding steroid dienone is 1. The Bertz CT molecular complexity index is 927. The zero-order chi connectivity index (χ0) is 18.4. The minimum absolute atomic E-state index is 0.0594. The predicted octanol–water partition coefficient (Wildman–Crippen LogP) is 4.48. The zero-order valence-electron chi connectivity index (χ0n) is 15.6. The predicted molar refractivity (Wildman–Crippen MR) is 101 cm³/mol. The summed E-state index contributed by atoms with van der Waals surface area (Å²) in [6, 6.07) is 10.3. The van der Waals surface area contributed by atoms with Crippen LogP contribution in [-0.4, -0.2) is 23.5 Å². The molecule has 0 saturated carbocycles. The molecule has 134 valence electrons. The standard InChI is InChI=1S/C22H23NO3/c1-13(2)23-11-17-9-18-20(24)19(10-16-8-6-5-7-14(16)3)26-22(18)15(4)21(17)25-12-23/h5-10,13H,11-12H2,1-4H3/b19-10-. The molecule has 4 heteroatoms. The number of carbonyl (C=O) groups excluding carboxylic acids is 1. The van der Waals surface area contributed by atoms with Gasteiger partial charge in [0.1, 0.15) is 18.2 Å². The molecule has 2 aromatic rings. The van der Waals surface area contributed by atoms with Crippen LogP contribution in [0, 0.1) is 13.8 Å². The van der Waals surface area contributed by atoms with Gasteiger partial charge in [-0.1, -0.05) is 24.3 Å². The molecule has 0 aromatic heterocycles. The molecule has 26 heavy (non-hydrogen) atoms. The first kappa shape index (κ1) is 16.9. The highest BCUT2D eigenvalue weighted by Gasteiger charge is 2.33. The lowest BCUT2D eigenvalue weighted by molar-refractivity contribution is 0.0678. The number of aryl methyl sites for hydroxylation is 1. The van der Waals surface area contributed by atoms with E-state index < -0.39 is 0 Å². The number of hydrogen-bond acceptors (Lipinski definition) is 4. The summed E-state index contributed by atoms with van der Waals surface area (Å²) in [7, 11) is 0. The van der Waals surface area contributed by atoms with E-state index in [-0.39, 0.29) is 5.78 Å². The van der Waals surface area contributed by atoms with Crippen LogP contribution in [0.15, 0.2) is 36.1 Å². The number of Topliss-reactive ketones (excluding diaryl/α,β-unsaturated/α-hetero) is 1. The summed E-state index contributed by atoms with van der Waals surface area (Å²) in [5.41, 5.74) is 4.70. The van der Waals surface area contributed by atoms with E-state index in [9.17, 15) is 4.79 Å². The molecule has 4 nitrogen and oxygen atoms in total. The molecule has 2 heterocycles. The second kappa shape index (κ2) is 6.29. The summed E-state index contributed by atoms with van der Waals surface area (Å²) in [5, 5.41) is 0. The third-order valence-electron chi connectivity index (χ3n) is 5.17. The number of hydrogen-bond donors (Lipinski definition) is 0. The van der Waals surface area contributed by atoms with Crippen molar-refractivity contribution in [3.8, 4) is 11.5 Å². The Hall–Kier alpha value is -2.59. The van der Waals surface area contributed by atoms with Crippen LogP contribution in [0.4, 0.5) is 0 Å². The Morgan fingerprint density at radius 1 is 1.15 bits per heavy atom. The van der Waals surface area contributed by atoms with E-state index in [1.807, 2.05) is 50.3 Å². The summed E-state index contributed by atoms with van der Waals surface area (Å²) in [6.07, 6.45) is 1.83. The van der Waals surface area contributed by atoms with Gasteiger partial charge < -0.3 is 9.47 Å². The van der Waals surface area contributed by atoms with Crippen molar-refractivity contribution in [3.05, 3.63) is 63.9 Å².